The quantitative estimate of drug-likeness (QED) is 0.584. The van der Waals surface area contributed by atoms with Crippen molar-refractivity contribution in [1.82, 2.24) is 5.32 Å². The second-order valence-corrected chi connectivity index (χ2v) is 4.67. The summed E-state index contributed by atoms with van der Waals surface area (Å²) in [6.45, 7) is 3.11. The molecule has 0 aromatic carbocycles. The Balaban J connectivity index is 1.81. The van der Waals surface area contributed by atoms with Crippen LogP contribution in [0.25, 0.3) is 0 Å². The van der Waals surface area contributed by atoms with E-state index in [0.29, 0.717) is 0 Å². The standard InChI is InChI=1S/C10H17NO/c1-2-9-5-8(1)6-10(9)7-11-3-4-12-10/h8-9,11H,1-7H2. The molecule has 1 saturated heterocycles. The molecule has 0 aromatic heterocycles. The van der Waals surface area contributed by atoms with E-state index in [9.17, 15) is 0 Å². The number of ether oxygens (including phenoxy) is 1. The fourth-order valence-electron chi connectivity index (χ4n) is 3.46. The summed E-state index contributed by atoms with van der Waals surface area (Å²) in [7, 11) is 0. The molecule has 0 aromatic rings. The Morgan fingerprint density at radius 1 is 1.33 bits per heavy atom. The Labute approximate surface area is 73.7 Å². The molecule has 2 bridgehead atoms. The van der Waals surface area contributed by atoms with Crippen molar-refractivity contribution in [3.8, 4) is 0 Å². The molecule has 1 N–H and O–H groups in total. The van der Waals surface area contributed by atoms with Crippen LogP contribution in [0, 0.1) is 11.8 Å². The number of hydrogen-bond donors (Lipinski definition) is 1. The number of rotatable bonds is 0. The maximum Gasteiger partial charge on any atom is 0.0837 e. The number of morpholine rings is 1. The van der Waals surface area contributed by atoms with Gasteiger partial charge in [0.05, 0.1) is 12.2 Å². The Morgan fingerprint density at radius 2 is 2.33 bits per heavy atom. The molecule has 68 valence electrons. The van der Waals surface area contributed by atoms with Gasteiger partial charge >= 0.3 is 0 Å². The molecule has 3 fully saturated rings. The van der Waals surface area contributed by atoms with Gasteiger partial charge in [0.25, 0.3) is 0 Å². The summed E-state index contributed by atoms with van der Waals surface area (Å²) in [4.78, 5) is 0. The maximum absolute atomic E-state index is 6.00. The summed E-state index contributed by atoms with van der Waals surface area (Å²) >= 11 is 0. The first kappa shape index (κ1) is 7.34. The maximum atomic E-state index is 6.00. The average Bonchev–Trinajstić information content (AvgIpc) is 2.65. The minimum Gasteiger partial charge on any atom is -0.372 e. The van der Waals surface area contributed by atoms with Gasteiger partial charge in [0.1, 0.15) is 0 Å². The number of nitrogens with one attached hydrogen (secondary N) is 1. The van der Waals surface area contributed by atoms with Gasteiger partial charge in [-0.25, -0.2) is 0 Å². The molecule has 3 aliphatic rings. The third kappa shape index (κ3) is 0.882. The third-order valence-electron chi connectivity index (χ3n) is 4.01. The molecule has 0 amide bonds. The molecule has 1 spiro atoms. The lowest BCUT2D eigenvalue weighted by molar-refractivity contribution is -0.0999. The smallest absolute Gasteiger partial charge is 0.0837 e. The topological polar surface area (TPSA) is 21.3 Å². The molecule has 2 heteroatoms. The Bertz CT molecular complexity index is 186. The van der Waals surface area contributed by atoms with E-state index in [0.717, 1.165) is 31.5 Å². The van der Waals surface area contributed by atoms with Crippen LogP contribution in [0.2, 0.25) is 0 Å². The van der Waals surface area contributed by atoms with Crippen molar-refractivity contribution < 1.29 is 4.74 Å². The van der Waals surface area contributed by atoms with E-state index in [1.54, 1.807) is 0 Å². The Kier molecular flexibility index (Phi) is 1.50. The van der Waals surface area contributed by atoms with Gasteiger partial charge in [-0.1, -0.05) is 0 Å². The molecular weight excluding hydrogens is 150 g/mol. The predicted octanol–water partition coefficient (Wildman–Crippen LogP) is 1.16. The van der Waals surface area contributed by atoms with Gasteiger partial charge < -0.3 is 10.1 Å². The van der Waals surface area contributed by atoms with E-state index in [-0.39, 0.29) is 5.60 Å². The van der Waals surface area contributed by atoms with E-state index < -0.39 is 0 Å². The molecular formula is C10H17NO. The summed E-state index contributed by atoms with van der Waals surface area (Å²) < 4.78 is 6.00. The summed E-state index contributed by atoms with van der Waals surface area (Å²) in [6.07, 6.45) is 5.68. The fourth-order valence-corrected chi connectivity index (χ4v) is 3.46. The van der Waals surface area contributed by atoms with Gasteiger partial charge in [0.15, 0.2) is 0 Å². The van der Waals surface area contributed by atoms with E-state index in [2.05, 4.69) is 5.32 Å². The zero-order valence-electron chi connectivity index (χ0n) is 7.51. The van der Waals surface area contributed by atoms with E-state index in [1.165, 1.54) is 25.7 Å². The van der Waals surface area contributed by atoms with Crippen LogP contribution in [-0.2, 0) is 4.74 Å². The van der Waals surface area contributed by atoms with Crippen molar-refractivity contribution in [2.24, 2.45) is 11.8 Å². The first-order valence-electron chi connectivity index (χ1n) is 5.24. The predicted molar refractivity (Wildman–Crippen MR) is 47.0 cm³/mol. The zero-order chi connectivity index (χ0) is 8.02. The van der Waals surface area contributed by atoms with Crippen LogP contribution >= 0.6 is 0 Å². The minimum atomic E-state index is 0.279. The second kappa shape index (κ2) is 2.46. The average molecular weight is 167 g/mol. The molecule has 3 atom stereocenters. The number of fused-ring (bicyclic) bond motifs is 3. The first-order valence-corrected chi connectivity index (χ1v) is 5.24. The normalized spacial score (nSPS) is 52.0. The largest absolute Gasteiger partial charge is 0.372 e. The summed E-state index contributed by atoms with van der Waals surface area (Å²) in [6, 6.07) is 0. The molecule has 0 radical (unpaired) electrons. The minimum absolute atomic E-state index is 0.279. The third-order valence-corrected chi connectivity index (χ3v) is 4.01. The van der Waals surface area contributed by atoms with Gasteiger partial charge in [-0.15, -0.1) is 0 Å². The zero-order valence-corrected chi connectivity index (χ0v) is 7.51. The highest BCUT2D eigenvalue weighted by Crippen LogP contribution is 2.52. The van der Waals surface area contributed by atoms with Gasteiger partial charge in [-0.3, -0.25) is 0 Å². The molecule has 1 aliphatic heterocycles. The second-order valence-electron chi connectivity index (χ2n) is 4.67. The Hall–Kier alpha value is -0.0800. The Morgan fingerprint density at radius 3 is 2.92 bits per heavy atom. The van der Waals surface area contributed by atoms with E-state index in [1.807, 2.05) is 0 Å². The van der Waals surface area contributed by atoms with Crippen LogP contribution < -0.4 is 5.32 Å². The van der Waals surface area contributed by atoms with Crippen molar-refractivity contribution in [3.05, 3.63) is 0 Å². The van der Waals surface area contributed by atoms with Crippen LogP contribution in [0.5, 0.6) is 0 Å². The molecule has 3 rings (SSSR count). The van der Waals surface area contributed by atoms with Gasteiger partial charge in [-0.05, 0) is 37.5 Å². The SMILES string of the molecule is C1COC2(CN1)CC1CCC2C1. The summed E-state index contributed by atoms with van der Waals surface area (Å²) in [5.41, 5.74) is 0.279. The lowest BCUT2D eigenvalue weighted by atomic mass is 9.83. The van der Waals surface area contributed by atoms with Crippen LogP contribution in [0.15, 0.2) is 0 Å². The molecule has 12 heavy (non-hydrogen) atoms. The molecule has 2 saturated carbocycles. The van der Waals surface area contributed by atoms with Crippen LogP contribution in [0.3, 0.4) is 0 Å². The fraction of sp³-hybridized carbons (Fsp3) is 1.00. The highest BCUT2D eigenvalue weighted by atomic mass is 16.5. The van der Waals surface area contributed by atoms with Crippen molar-refractivity contribution in [1.29, 1.82) is 0 Å². The molecule has 2 aliphatic carbocycles. The van der Waals surface area contributed by atoms with Crippen LogP contribution in [-0.4, -0.2) is 25.3 Å². The highest BCUT2D eigenvalue weighted by molar-refractivity contribution is 5.04. The molecule has 1 heterocycles. The van der Waals surface area contributed by atoms with E-state index >= 15 is 0 Å². The van der Waals surface area contributed by atoms with Crippen molar-refractivity contribution in [2.45, 2.75) is 31.3 Å². The summed E-state index contributed by atoms with van der Waals surface area (Å²) in [5.74, 6) is 1.88. The lowest BCUT2D eigenvalue weighted by Crippen LogP contribution is -2.52. The van der Waals surface area contributed by atoms with Gasteiger partial charge in [0, 0.05) is 13.1 Å². The van der Waals surface area contributed by atoms with Crippen molar-refractivity contribution in [3.63, 3.8) is 0 Å². The van der Waals surface area contributed by atoms with Crippen molar-refractivity contribution in [2.75, 3.05) is 19.7 Å². The first-order chi connectivity index (χ1) is 5.89. The lowest BCUT2D eigenvalue weighted by Gasteiger charge is -2.41. The number of hydrogen-bond acceptors (Lipinski definition) is 2. The molecule has 3 unspecified atom stereocenters. The van der Waals surface area contributed by atoms with Gasteiger partial charge in [0.2, 0.25) is 0 Å². The highest BCUT2D eigenvalue weighted by Gasteiger charge is 2.52. The molecule has 2 nitrogen and oxygen atoms in total. The van der Waals surface area contributed by atoms with Crippen LogP contribution in [0.4, 0.5) is 0 Å². The van der Waals surface area contributed by atoms with Crippen LogP contribution in [0.1, 0.15) is 25.7 Å². The van der Waals surface area contributed by atoms with E-state index in [4.69, 9.17) is 4.74 Å². The van der Waals surface area contributed by atoms with Gasteiger partial charge in [-0.2, -0.15) is 0 Å². The monoisotopic (exact) mass is 167 g/mol. The summed E-state index contributed by atoms with van der Waals surface area (Å²) in [5, 5.41) is 3.48. The van der Waals surface area contributed by atoms with Crippen molar-refractivity contribution >= 4 is 0 Å².